The fourth-order valence-electron chi connectivity index (χ4n) is 4.05. The molecule has 26 heavy (non-hydrogen) atoms. The molecule has 6 heteroatoms. The van der Waals surface area contributed by atoms with Crippen LogP contribution in [-0.2, 0) is 4.74 Å². The number of hydrogen-bond acceptors (Lipinski definition) is 6. The summed E-state index contributed by atoms with van der Waals surface area (Å²) in [5, 5.41) is 13.8. The molecule has 2 fully saturated rings. The predicted molar refractivity (Wildman–Crippen MR) is 102 cm³/mol. The second-order valence-corrected chi connectivity index (χ2v) is 7.17. The summed E-state index contributed by atoms with van der Waals surface area (Å²) in [7, 11) is 0. The van der Waals surface area contributed by atoms with Gasteiger partial charge in [-0.2, -0.15) is 5.26 Å². The van der Waals surface area contributed by atoms with Crippen LogP contribution in [0.25, 0.3) is 10.9 Å². The molecule has 1 aromatic heterocycles. The zero-order valence-electron chi connectivity index (χ0n) is 15.2. The van der Waals surface area contributed by atoms with E-state index in [4.69, 9.17) is 4.74 Å². The van der Waals surface area contributed by atoms with Gasteiger partial charge in [0.05, 0.1) is 23.3 Å². The SMILES string of the molecule is C[C@@H]1CN(c2ccc(C#N)c3ncccc23)C[C@H](CN2CCNCC2)O1. The molecule has 2 atom stereocenters. The number of nitriles is 1. The molecule has 0 unspecified atom stereocenters. The summed E-state index contributed by atoms with van der Waals surface area (Å²) in [5.41, 5.74) is 2.56. The van der Waals surface area contributed by atoms with Crippen LogP contribution >= 0.6 is 0 Å². The monoisotopic (exact) mass is 351 g/mol. The molecule has 0 saturated carbocycles. The number of aromatic nitrogens is 1. The second-order valence-electron chi connectivity index (χ2n) is 7.17. The normalized spacial score (nSPS) is 24.5. The fourth-order valence-corrected chi connectivity index (χ4v) is 4.05. The molecule has 2 aromatic rings. The summed E-state index contributed by atoms with van der Waals surface area (Å²) in [6, 6.07) is 10.2. The van der Waals surface area contributed by atoms with Gasteiger partial charge in [0.25, 0.3) is 0 Å². The number of morpholine rings is 1. The minimum absolute atomic E-state index is 0.180. The lowest BCUT2D eigenvalue weighted by atomic mass is 10.1. The molecule has 6 nitrogen and oxygen atoms in total. The Kier molecular flexibility index (Phi) is 5.02. The van der Waals surface area contributed by atoms with Crippen molar-refractivity contribution in [3.8, 4) is 6.07 Å². The molecule has 4 rings (SSSR count). The summed E-state index contributed by atoms with van der Waals surface area (Å²) < 4.78 is 6.23. The summed E-state index contributed by atoms with van der Waals surface area (Å²) in [6.07, 6.45) is 2.13. The smallest absolute Gasteiger partial charge is 0.101 e. The number of ether oxygens (including phenoxy) is 1. The Balaban J connectivity index is 1.59. The predicted octanol–water partition coefficient (Wildman–Crippen LogP) is 1.61. The average molecular weight is 351 g/mol. The lowest BCUT2D eigenvalue weighted by Crippen LogP contribution is -2.53. The van der Waals surface area contributed by atoms with Crippen molar-refractivity contribution >= 4 is 16.6 Å². The molecule has 2 aliphatic heterocycles. The summed E-state index contributed by atoms with van der Waals surface area (Å²) >= 11 is 0. The summed E-state index contributed by atoms with van der Waals surface area (Å²) in [6.45, 7) is 9.10. The molecule has 0 bridgehead atoms. The summed E-state index contributed by atoms with van der Waals surface area (Å²) in [4.78, 5) is 9.32. The number of benzene rings is 1. The Morgan fingerprint density at radius 1 is 1.27 bits per heavy atom. The molecule has 3 heterocycles. The topological polar surface area (TPSA) is 64.4 Å². The minimum atomic E-state index is 0.180. The van der Waals surface area contributed by atoms with E-state index in [0.29, 0.717) is 5.56 Å². The molecular weight excluding hydrogens is 326 g/mol. The Morgan fingerprint density at radius 3 is 2.92 bits per heavy atom. The van der Waals surface area contributed by atoms with Crippen molar-refractivity contribution in [3.63, 3.8) is 0 Å². The molecule has 0 aliphatic carbocycles. The number of hydrogen-bond donors (Lipinski definition) is 1. The highest BCUT2D eigenvalue weighted by molar-refractivity contribution is 5.95. The first-order chi connectivity index (χ1) is 12.7. The molecule has 1 aromatic carbocycles. The van der Waals surface area contributed by atoms with Crippen LogP contribution in [0.3, 0.4) is 0 Å². The van der Waals surface area contributed by atoms with Crippen LogP contribution in [-0.4, -0.2) is 67.9 Å². The molecule has 0 radical (unpaired) electrons. The number of nitrogens with zero attached hydrogens (tertiary/aromatic N) is 4. The first kappa shape index (κ1) is 17.2. The number of anilines is 1. The van der Waals surface area contributed by atoms with E-state index in [0.717, 1.165) is 62.4 Å². The largest absolute Gasteiger partial charge is 0.370 e. The van der Waals surface area contributed by atoms with E-state index in [1.54, 1.807) is 6.20 Å². The van der Waals surface area contributed by atoms with Crippen LogP contribution in [0, 0.1) is 11.3 Å². The first-order valence-corrected chi connectivity index (χ1v) is 9.36. The van der Waals surface area contributed by atoms with Gasteiger partial charge in [0, 0.05) is 63.1 Å². The Bertz CT molecular complexity index is 811. The van der Waals surface area contributed by atoms with Crippen LogP contribution in [0.5, 0.6) is 0 Å². The minimum Gasteiger partial charge on any atom is -0.370 e. The van der Waals surface area contributed by atoms with Gasteiger partial charge in [-0.05, 0) is 31.2 Å². The van der Waals surface area contributed by atoms with Gasteiger partial charge >= 0.3 is 0 Å². The molecule has 136 valence electrons. The van der Waals surface area contributed by atoms with Crippen LogP contribution < -0.4 is 10.2 Å². The van der Waals surface area contributed by atoms with E-state index in [2.05, 4.69) is 45.2 Å². The average Bonchev–Trinajstić information content (AvgIpc) is 2.67. The van der Waals surface area contributed by atoms with Crippen molar-refractivity contribution in [1.82, 2.24) is 15.2 Å². The maximum atomic E-state index is 9.37. The van der Waals surface area contributed by atoms with E-state index in [-0.39, 0.29) is 12.2 Å². The zero-order chi connectivity index (χ0) is 17.9. The maximum absolute atomic E-state index is 9.37. The molecule has 2 aliphatic rings. The van der Waals surface area contributed by atoms with E-state index in [1.807, 2.05) is 12.1 Å². The van der Waals surface area contributed by atoms with Gasteiger partial charge < -0.3 is 15.0 Å². The lowest BCUT2D eigenvalue weighted by Gasteiger charge is -2.41. The number of piperazine rings is 1. The van der Waals surface area contributed by atoms with Gasteiger partial charge in [-0.3, -0.25) is 9.88 Å². The number of rotatable bonds is 3. The zero-order valence-corrected chi connectivity index (χ0v) is 15.2. The highest BCUT2D eigenvalue weighted by atomic mass is 16.5. The van der Waals surface area contributed by atoms with Gasteiger partial charge in [0.1, 0.15) is 6.07 Å². The van der Waals surface area contributed by atoms with Crippen LogP contribution in [0.2, 0.25) is 0 Å². The molecule has 2 saturated heterocycles. The Morgan fingerprint density at radius 2 is 2.12 bits per heavy atom. The van der Waals surface area contributed by atoms with Crippen molar-refractivity contribution in [1.29, 1.82) is 5.26 Å². The van der Waals surface area contributed by atoms with Gasteiger partial charge in [-0.15, -0.1) is 0 Å². The quantitative estimate of drug-likeness (QED) is 0.906. The summed E-state index contributed by atoms with van der Waals surface area (Å²) in [5.74, 6) is 0. The van der Waals surface area contributed by atoms with E-state index < -0.39 is 0 Å². The molecular formula is C20H25N5O. The molecule has 0 spiro atoms. The third-order valence-corrected chi connectivity index (χ3v) is 5.21. The number of nitrogens with one attached hydrogen (secondary N) is 1. The molecule has 0 amide bonds. The first-order valence-electron chi connectivity index (χ1n) is 9.36. The Hall–Kier alpha value is -2.20. The van der Waals surface area contributed by atoms with Gasteiger partial charge in [0.15, 0.2) is 0 Å². The van der Waals surface area contributed by atoms with Gasteiger partial charge in [-0.1, -0.05) is 0 Å². The molecule has 1 N–H and O–H groups in total. The van der Waals surface area contributed by atoms with E-state index in [1.165, 1.54) is 0 Å². The second kappa shape index (κ2) is 7.58. The van der Waals surface area contributed by atoms with Crippen LogP contribution in [0.15, 0.2) is 30.5 Å². The van der Waals surface area contributed by atoms with Gasteiger partial charge in [0.2, 0.25) is 0 Å². The van der Waals surface area contributed by atoms with Crippen molar-refractivity contribution in [3.05, 3.63) is 36.0 Å². The number of pyridine rings is 1. The van der Waals surface area contributed by atoms with Crippen molar-refractivity contribution in [2.75, 3.05) is 50.7 Å². The van der Waals surface area contributed by atoms with Crippen molar-refractivity contribution in [2.45, 2.75) is 19.1 Å². The highest BCUT2D eigenvalue weighted by Crippen LogP contribution is 2.30. The van der Waals surface area contributed by atoms with Crippen molar-refractivity contribution in [2.24, 2.45) is 0 Å². The highest BCUT2D eigenvalue weighted by Gasteiger charge is 2.28. The number of fused-ring (bicyclic) bond motifs is 1. The standard InChI is InChI=1S/C20H25N5O/c1-15-12-25(14-17(26-15)13-24-9-7-22-8-10-24)19-5-4-16(11-21)20-18(19)3-2-6-23-20/h2-6,15,17,22H,7-10,12-14H2,1H3/t15-,17+/m1/s1. The van der Waals surface area contributed by atoms with Crippen molar-refractivity contribution < 1.29 is 4.74 Å². The lowest BCUT2D eigenvalue weighted by molar-refractivity contribution is -0.0334. The van der Waals surface area contributed by atoms with Crippen LogP contribution in [0.4, 0.5) is 5.69 Å². The third-order valence-electron chi connectivity index (χ3n) is 5.21. The van der Waals surface area contributed by atoms with Crippen LogP contribution in [0.1, 0.15) is 12.5 Å². The Labute approximate surface area is 154 Å². The third kappa shape index (κ3) is 3.51. The van der Waals surface area contributed by atoms with Gasteiger partial charge in [-0.25, -0.2) is 0 Å². The van der Waals surface area contributed by atoms with E-state index >= 15 is 0 Å². The van der Waals surface area contributed by atoms with E-state index in [9.17, 15) is 5.26 Å². The fraction of sp³-hybridized carbons (Fsp3) is 0.500. The maximum Gasteiger partial charge on any atom is 0.101 e.